The van der Waals surface area contributed by atoms with Crippen molar-refractivity contribution in [2.45, 2.75) is 12.5 Å². The normalized spacial score (nSPS) is 17.8. The second-order valence-electron chi connectivity index (χ2n) is 7.82. The van der Waals surface area contributed by atoms with Crippen molar-refractivity contribution in [1.82, 2.24) is 9.80 Å². The van der Waals surface area contributed by atoms with E-state index in [0.717, 1.165) is 6.54 Å². The van der Waals surface area contributed by atoms with Gasteiger partial charge in [0.05, 0.1) is 11.6 Å². The molecule has 0 bridgehead atoms. The number of benzene rings is 2. The van der Waals surface area contributed by atoms with Crippen LogP contribution in [0.3, 0.4) is 0 Å². The van der Waals surface area contributed by atoms with Crippen LogP contribution in [-0.4, -0.2) is 60.4 Å². The molecule has 0 radical (unpaired) electrons. The second-order valence-corrected chi connectivity index (χ2v) is 7.82. The fraction of sp³-hybridized carbons (Fsp3) is 0.280. The average molecular weight is 438 g/mol. The van der Waals surface area contributed by atoms with Gasteiger partial charge in [0.2, 0.25) is 0 Å². The van der Waals surface area contributed by atoms with Crippen LogP contribution >= 0.6 is 0 Å². The highest BCUT2D eigenvalue weighted by Crippen LogP contribution is 2.39. The number of halogens is 1. The maximum absolute atomic E-state index is 13.4. The molecule has 32 heavy (non-hydrogen) atoms. The maximum atomic E-state index is 13.4. The fourth-order valence-electron chi connectivity index (χ4n) is 3.68. The van der Waals surface area contributed by atoms with Gasteiger partial charge < -0.3 is 19.6 Å². The highest BCUT2D eigenvalue weighted by atomic mass is 19.1. The van der Waals surface area contributed by atoms with Crippen molar-refractivity contribution in [2.24, 2.45) is 0 Å². The van der Waals surface area contributed by atoms with Gasteiger partial charge in [-0.2, -0.15) is 0 Å². The van der Waals surface area contributed by atoms with Crippen LogP contribution in [-0.2, 0) is 9.59 Å². The van der Waals surface area contributed by atoms with Crippen molar-refractivity contribution in [2.75, 3.05) is 33.8 Å². The van der Waals surface area contributed by atoms with Gasteiger partial charge in [-0.1, -0.05) is 24.8 Å². The van der Waals surface area contributed by atoms with Crippen molar-refractivity contribution in [3.05, 3.63) is 83.7 Å². The molecule has 1 heterocycles. The van der Waals surface area contributed by atoms with Gasteiger partial charge in [0, 0.05) is 12.1 Å². The molecular weight excluding hydrogens is 411 g/mol. The summed E-state index contributed by atoms with van der Waals surface area (Å²) in [7, 11) is 3.87. The average Bonchev–Trinajstić information content (AvgIpc) is 3.03. The lowest BCUT2D eigenvalue weighted by atomic mass is 9.95. The predicted octanol–water partition coefficient (Wildman–Crippen LogP) is 3.76. The summed E-state index contributed by atoms with van der Waals surface area (Å²) in [6.45, 7) is 5.06. The van der Waals surface area contributed by atoms with Crippen LogP contribution in [0.4, 0.5) is 4.39 Å². The summed E-state index contributed by atoms with van der Waals surface area (Å²) in [6.07, 6.45) is 2.30. The molecule has 1 amide bonds. The standard InChI is InChI=1S/C25H27FN2O4/c1-4-16-32-20-12-8-17(9-13-20)22-21(23(29)18-6-10-19(26)11-7-18)24(30)25(31)28(22)15-5-14-27(2)3/h4,6-13,22,29H,1,5,14-16H2,2-3H3/t22-/m1/s1. The Labute approximate surface area is 187 Å². The summed E-state index contributed by atoms with van der Waals surface area (Å²) < 4.78 is 18.9. The van der Waals surface area contributed by atoms with E-state index in [-0.39, 0.29) is 16.9 Å². The zero-order valence-corrected chi connectivity index (χ0v) is 18.3. The first kappa shape index (κ1) is 23.2. The lowest BCUT2D eigenvalue weighted by Gasteiger charge is -2.26. The molecular formula is C25H27FN2O4. The van der Waals surface area contributed by atoms with E-state index in [1.54, 1.807) is 30.3 Å². The monoisotopic (exact) mass is 438 g/mol. The number of hydrogen-bond donors (Lipinski definition) is 1. The van der Waals surface area contributed by atoms with E-state index < -0.39 is 23.5 Å². The maximum Gasteiger partial charge on any atom is 0.295 e. The van der Waals surface area contributed by atoms with E-state index >= 15 is 0 Å². The highest BCUT2D eigenvalue weighted by molar-refractivity contribution is 6.46. The van der Waals surface area contributed by atoms with E-state index in [1.165, 1.54) is 29.2 Å². The summed E-state index contributed by atoms with van der Waals surface area (Å²) in [4.78, 5) is 29.3. The first-order chi connectivity index (χ1) is 15.3. The number of ketones is 1. The summed E-state index contributed by atoms with van der Waals surface area (Å²) in [5, 5.41) is 10.9. The molecule has 0 aromatic heterocycles. The van der Waals surface area contributed by atoms with Crippen LogP contribution < -0.4 is 4.74 Å². The molecule has 1 atom stereocenters. The third-order valence-corrected chi connectivity index (χ3v) is 5.23. The third kappa shape index (κ3) is 5.06. The minimum absolute atomic E-state index is 0.00813. The molecule has 0 unspecified atom stereocenters. The Hall–Kier alpha value is -3.45. The largest absolute Gasteiger partial charge is 0.507 e. The fourth-order valence-corrected chi connectivity index (χ4v) is 3.68. The van der Waals surface area contributed by atoms with Gasteiger partial charge in [-0.15, -0.1) is 0 Å². The van der Waals surface area contributed by atoms with Crippen LogP contribution in [0.5, 0.6) is 5.75 Å². The summed E-state index contributed by atoms with van der Waals surface area (Å²) in [6, 6.07) is 11.4. The van der Waals surface area contributed by atoms with Crippen molar-refractivity contribution < 1.29 is 23.8 Å². The van der Waals surface area contributed by atoms with E-state index in [4.69, 9.17) is 4.74 Å². The molecule has 1 N–H and O–H groups in total. The minimum atomic E-state index is -0.756. The van der Waals surface area contributed by atoms with Crippen molar-refractivity contribution >= 4 is 17.4 Å². The van der Waals surface area contributed by atoms with Crippen molar-refractivity contribution in [3.63, 3.8) is 0 Å². The van der Waals surface area contributed by atoms with Crippen LogP contribution in [0.1, 0.15) is 23.6 Å². The summed E-state index contributed by atoms with van der Waals surface area (Å²) in [5.41, 5.74) is 0.934. The van der Waals surface area contributed by atoms with Crippen LogP contribution in [0.2, 0.25) is 0 Å². The predicted molar refractivity (Wildman–Crippen MR) is 121 cm³/mol. The number of aliphatic hydroxyl groups is 1. The lowest BCUT2D eigenvalue weighted by Crippen LogP contribution is -2.32. The number of carbonyl (C=O) groups is 2. The Morgan fingerprint density at radius 3 is 2.41 bits per heavy atom. The molecule has 0 saturated carbocycles. The molecule has 7 heteroatoms. The molecule has 1 aliphatic heterocycles. The number of amides is 1. The smallest absolute Gasteiger partial charge is 0.295 e. The first-order valence-electron chi connectivity index (χ1n) is 10.4. The van der Waals surface area contributed by atoms with Crippen LogP contribution in [0.25, 0.3) is 5.76 Å². The van der Waals surface area contributed by atoms with E-state index in [2.05, 4.69) is 6.58 Å². The van der Waals surface area contributed by atoms with Crippen LogP contribution in [0, 0.1) is 5.82 Å². The van der Waals surface area contributed by atoms with Gasteiger partial charge >= 0.3 is 0 Å². The number of hydrogen-bond acceptors (Lipinski definition) is 5. The van der Waals surface area contributed by atoms with Crippen molar-refractivity contribution in [3.8, 4) is 5.75 Å². The van der Waals surface area contributed by atoms with Gasteiger partial charge in [0.15, 0.2) is 0 Å². The Kier molecular flexibility index (Phi) is 7.43. The Morgan fingerprint density at radius 2 is 1.81 bits per heavy atom. The molecule has 1 fully saturated rings. The molecule has 6 nitrogen and oxygen atoms in total. The zero-order valence-electron chi connectivity index (χ0n) is 18.3. The van der Waals surface area contributed by atoms with E-state index in [9.17, 15) is 19.1 Å². The number of nitrogens with zero attached hydrogens (tertiary/aromatic N) is 2. The Bertz CT molecular complexity index is 1010. The molecule has 0 spiro atoms. The number of aliphatic hydroxyl groups excluding tert-OH is 1. The SMILES string of the molecule is C=CCOc1ccc([C@@H]2C(=C(O)c3ccc(F)cc3)C(=O)C(=O)N2CCCN(C)C)cc1. The van der Waals surface area contributed by atoms with Gasteiger partial charge in [0.1, 0.15) is 23.9 Å². The molecule has 1 aliphatic rings. The molecule has 2 aromatic rings. The molecule has 2 aromatic carbocycles. The first-order valence-corrected chi connectivity index (χ1v) is 10.4. The second kappa shape index (κ2) is 10.2. The number of rotatable bonds is 9. The molecule has 0 aliphatic carbocycles. The number of ether oxygens (including phenoxy) is 1. The zero-order chi connectivity index (χ0) is 23.3. The molecule has 168 valence electrons. The summed E-state index contributed by atoms with van der Waals surface area (Å²) in [5.74, 6) is -1.58. The Morgan fingerprint density at radius 1 is 1.16 bits per heavy atom. The van der Waals surface area contributed by atoms with Crippen LogP contribution in [0.15, 0.2) is 66.8 Å². The number of Topliss-reactive ketones (excluding diaryl/α,β-unsaturated/α-hetero) is 1. The van der Waals surface area contributed by atoms with Gasteiger partial charge in [0.25, 0.3) is 11.7 Å². The van der Waals surface area contributed by atoms with Gasteiger partial charge in [-0.05, 0) is 69.0 Å². The number of likely N-dealkylation sites (tertiary alicyclic amines) is 1. The van der Waals surface area contributed by atoms with Gasteiger partial charge in [-0.25, -0.2) is 4.39 Å². The van der Waals surface area contributed by atoms with Crippen molar-refractivity contribution in [1.29, 1.82) is 0 Å². The minimum Gasteiger partial charge on any atom is -0.507 e. The molecule has 1 saturated heterocycles. The number of carbonyl (C=O) groups excluding carboxylic acids is 2. The highest BCUT2D eigenvalue weighted by Gasteiger charge is 2.45. The topological polar surface area (TPSA) is 70.1 Å². The van der Waals surface area contributed by atoms with E-state index in [0.29, 0.717) is 30.9 Å². The third-order valence-electron chi connectivity index (χ3n) is 5.23. The Balaban J connectivity index is 2.04. The van der Waals surface area contributed by atoms with Gasteiger partial charge in [-0.3, -0.25) is 9.59 Å². The quantitative estimate of drug-likeness (QED) is 0.279. The molecule has 3 rings (SSSR count). The lowest BCUT2D eigenvalue weighted by molar-refractivity contribution is -0.139. The summed E-state index contributed by atoms with van der Waals surface area (Å²) >= 11 is 0. The van der Waals surface area contributed by atoms with E-state index in [1.807, 2.05) is 19.0 Å².